The van der Waals surface area contributed by atoms with Gasteiger partial charge in [0.2, 0.25) is 0 Å². The Hall–Kier alpha value is -3.38. The van der Waals surface area contributed by atoms with Gasteiger partial charge in [0.25, 0.3) is 0 Å². The molecule has 0 amide bonds. The molecule has 1 saturated heterocycles. The minimum Gasteiger partial charge on any atom is -0.478 e. The molecule has 28 heavy (non-hydrogen) atoms. The highest BCUT2D eigenvalue weighted by Gasteiger charge is 2.10. The largest absolute Gasteiger partial charge is 0.478 e. The van der Waals surface area contributed by atoms with E-state index in [4.69, 9.17) is 14.3 Å². The fourth-order valence-electron chi connectivity index (χ4n) is 3.06. The zero-order valence-corrected chi connectivity index (χ0v) is 15.2. The Balaban J connectivity index is 1.43. The average molecular weight is 376 g/mol. The smallest absolute Gasteiger partial charge is 0.335 e. The van der Waals surface area contributed by atoms with E-state index in [1.807, 2.05) is 24.3 Å². The molecule has 1 aliphatic heterocycles. The molecule has 2 heterocycles. The number of hydrogen-bond acceptors (Lipinski definition) is 5. The maximum atomic E-state index is 10.9. The molecule has 0 radical (unpaired) electrons. The van der Waals surface area contributed by atoms with E-state index in [0.717, 1.165) is 37.6 Å². The van der Waals surface area contributed by atoms with Crippen LogP contribution in [0.4, 0.5) is 11.4 Å². The molecule has 142 valence electrons. The Kier molecular flexibility index (Phi) is 5.21. The number of furan rings is 1. The van der Waals surface area contributed by atoms with Crippen molar-refractivity contribution in [3.05, 3.63) is 72.0 Å². The van der Waals surface area contributed by atoms with E-state index in [9.17, 15) is 4.79 Å². The third-order valence-corrected chi connectivity index (χ3v) is 4.61. The van der Waals surface area contributed by atoms with Gasteiger partial charge in [0.1, 0.15) is 11.5 Å². The molecule has 0 saturated carbocycles. The van der Waals surface area contributed by atoms with Crippen molar-refractivity contribution in [2.45, 2.75) is 0 Å². The molecule has 1 N–H and O–H groups in total. The maximum absolute atomic E-state index is 10.9. The van der Waals surface area contributed by atoms with Crippen molar-refractivity contribution < 1.29 is 19.1 Å². The van der Waals surface area contributed by atoms with Gasteiger partial charge in [0.15, 0.2) is 0 Å². The number of morpholine rings is 1. The number of benzene rings is 2. The Morgan fingerprint density at radius 2 is 1.68 bits per heavy atom. The number of anilines is 1. The second-order valence-electron chi connectivity index (χ2n) is 6.46. The molecule has 0 bridgehead atoms. The number of rotatable bonds is 5. The van der Waals surface area contributed by atoms with E-state index in [1.54, 1.807) is 30.5 Å². The Bertz CT molecular complexity index is 969. The molecule has 0 aliphatic carbocycles. The van der Waals surface area contributed by atoms with Crippen LogP contribution in [-0.4, -0.2) is 43.6 Å². The second kappa shape index (κ2) is 8.10. The third-order valence-electron chi connectivity index (χ3n) is 4.61. The average Bonchev–Trinajstić information content (AvgIpc) is 3.22. The van der Waals surface area contributed by atoms with Gasteiger partial charge in [0.05, 0.1) is 30.7 Å². The summed E-state index contributed by atoms with van der Waals surface area (Å²) >= 11 is 0. The highest BCUT2D eigenvalue weighted by Crippen LogP contribution is 2.23. The van der Waals surface area contributed by atoms with Crippen molar-refractivity contribution in [2.75, 3.05) is 31.2 Å². The minimum atomic E-state index is -0.946. The van der Waals surface area contributed by atoms with Crippen molar-refractivity contribution in [1.82, 2.24) is 0 Å². The van der Waals surface area contributed by atoms with E-state index >= 15 is 0 Å². The number of aromatic carboxylic acids is 1. The lowest BCUT2D eigenvalue weighted by Gasteiger charge is -2.28. The number of aliphatic imine (C=N–C) groups is 1. The topological polar surface area (TPSA) is 75.3 Å². The van der Waals surface area contributed by atoms with Crippen molar-refractivity contribution in [1.29, 1.82) is 0 Å². The molecule has 0 unspecified atom stereocenters. The molecular weight excluding hydrogens is 356 g/mol. The predicted molar refractivity (Wildman–Crippen MR) is 108 cm³/mol. The van der Waals surface area contributed by atoms with Gasteiger partial charge in [-0.25, -0.2) is 4.79 Å². The lowest BCUT2D eigenvalue weighted by Crippen LogP contribution is -2.36. The SMILES string of the molecule is O=C(O)c1ccc(-c2ccc(C=Nc3ccc(N4CCOCC4)cc3)o2)cc1. The molecule has 1 aromatic heterocycles. The van der Waals surface area contributed by atoms with Crippen LogP contribution >= 0.6 is 0 Å². The summed E-state index contributed by atoms with van der Waals surface area (Å²) in [6, 6.07) is 18.4. The van der Waals surface area contributed by atoms with Crippen LogP contribution in [0.15, 0.2) is 70.1 Å². The van der Waals surface area contributed by atoms with Gasteiger partial charge in [-0.15, -0.1) is 0 Å². The van der Waals surface area contributed by atoms with Crippen molar-refractivity contribution in [3.63, 3.8) is 0 Å². The fourth-order valence-corrected chi connectivity index (χ4v) is 3.06. The predicted octanol–water partition coefficient (Wildman–Crippen LogP) is 4.23. The zero-order valence-electron chi connectivity index (χ0n) is 15.2. The van der Waals surface area contributed by atoms with Crippen molar-refractivity contribution in [2.24, 2.45) is 4.99 Å². The molecule has 6 nitrogen and oxygen atoms in total. The second-order valence-corrected chi connectivity index (χ2v) is 6.46. The van der Waals surface area contributed by atoms with E-state index < -0.39 is 5.97 Å². The summed E-state index contributed by atoms with van der Waals surface area (Å²) < 4.78 is 11.2. The van der Waals surface area contributed by atoms with Crippen molar-refractivity contribution in [3.8, 4) is 11.3 Å². The molecule has 0 atom stereocenters. The summed E-state index contributed by atoms with van der Waals surface area (Å²) in [6.45, 7) is 3.34. The first-order valence-electron chi connectivity index (χ1n) is 9.09. The Labute approximate surface area is 162 Å². The molecule has 2 aromatic carbocycles. The standard InChI is InChI=1S/C22H20N2O4/c25-22(26)17-3-1-16(2-4-17)21-10-9-20(28-21)15-23-18-5-7-19(8-6-18)24-11-13-27-14-12-24/h1-10,15H,11-14H2,(H,25,26). The molecule has 0 spiro atoms. The third kappa shape index (κ3) is 4.13. The van der Waals surface area contributed by atoms with E-state index in [-0.39, 0.29) is 5.56 Å². The lowest BCUT2D eigenvalue weighted by atomic mass is 10.1. The summed E-state index contributed by atoms with van der Waals surface area (Å²) in [6.07, 6.45) is 1.68. The number of hydrogen-bond donors (Lipinski definition) is 1. The summed E-state index contributed by atoms with van der Waals surface area (Å²) in [5.41, 5.74) is 3.09. The quantitative estimate of drug-likeness (QED) is 0.675. The molecule has 1 fully saturated rings. The molecule has 6 heteroatoms. The minimum absolute atomic E-state index is 0.248. The Morgan fingerprint density at radius 3 is 2.36 bits per heavy atom. The van der Waals surface area contributed by atoms with Crippen LogP contribution < -0.4 is 4.90 Å². The molecule has 3 aromatic rings. The van der Waals surface area contributed by atoms with Crippen LogP contribution in [0.25, 0.3) is 11.3 Å². The van der Waals surface area contributed by atoms with Crippen LogP contribution in [0.3, 0.4) is 0 Å². The normalized spacial score (nSPS) is 14.5. The maximum Gasteiger partial charge on any atom is 0.335 e. The summed E-state index contributed by atoms with van der Waals surface area (Å²) in [5, 5.41) is 8.97. The first-order valence-corrected chi connectivity index (χ1v) is 9.09. The van der Waals surface area contributed by atoms with Gasteiger partial charge in [0, 0.05) is 24.3 Å². The number of carbonyl (C=O) groups is 1. The van der Waals surface area contributed by atoms with Gasteiger partial charge in [-0.1, -0.05) is 12.1 Å². The van der Waals surface area contributed by atoms with Crippen LogP contribution in [0.1, 0.15) is 16.1 Å². The highest BCUT2D eigenvalue weighted by molar-refractivity contribution is 5.88. The number of ether oxygens (including phenoxy) is 1. The summed E-state index contributed by atoms with van der Waals surface area (Å²) in [5.74, 6) is 0.356. The molecule has 4 rings (SSSR count). The van der Waals surface area contributed by atoms with Crippen LogP contribution in [0.5, 0.6) is 0 Å². The van der Waals surface area contributed by atoms with E-state index in [2.05, 4.69) is 22.0 Å². The summed E-state index contributed by atoms with van der Waals surface area (Å²) in [4.78, 5) is 17.7. The lowest BCUT2D eigenvalue weighted by molar-refractivity contribution is 0.0697. The zero-order chi connectivity index (χ0) is 19.3. The van der Waals surface area contributed by atoms with Gasteiger partial charge >= 0.3 is 5.97 Å². The first-order chi connectivity index (χ1) is 13.7. The summed E-state index contributed by atoms with van der Waals surface area (Å²) in [7, 11) is 0. The van der Waals surface area contributed by atoms with Gasteiger partial charge < -0.3 is 19.2 Å². The Morgan fingerprint density at radius 1 is 0.964 bits per heavy atom. The number of carboxylic acids is 1. The van der Waals surface area contributed by atoms with Crippen LogP contribution in [-0.2, 0) is 4.74 Å². The fraction of sp³-hybridized carbons (Fsp3) is 0.182. The van der Waals surface area contributed by atoms with Crippen LogP contribution in [0.2, 0.25) is 0 Å². The molecule has 1 aliphatic rings. The van der Waals surface area contributed by atoms with Crippen molar-refractivity contribution >= 4 is 23.6 Å². The van der Waals surface area contributed by atoms with Gasteiger partial charge in [-0.2, -0.15) is 0 Å². The van der Waals surface area contributed by atoms with Gasteiger partial charge in [-0.05, 0) is 48.5 Å². The highest BCUT2D eigenvalue weighted by atomic mass is 16.5. The monoisotopic (exact) mass is 376 g/mol. The molecular formula is C22H20N2O4. The van der Waals surface area contributed by atoms with Gasteiger partial charge in [-0.3, -0.25) is 4.99 Å². The van der Waals surface area contributed by atoms with E-state index in [1.165, 1.54) is 5.69 Å². The number of nitrogens with zero attached hydrogens (tertiary/aromatic N) is 2. The first kappa shape index (κ1) is 18.0. The van der Waals surface area contributed by atoms with E-state index in [0.29, 0.717) is 11.5 Å². The van der Waals surface area contributed by atoms with Crippen LogP contribution in [0, 0.1) is 0 Å². The number of carboxylic acid groups (broad SMARTS) is 1.